The molecule has 0 aliphatic heterocycles. The zero-order valence-electron chi connectivity index (χ0n) is 9.03. The van der Waals surface area contributed by atoms with E-state index in [0.29, 0.717) is 0 Å². The highest BCUT2D eigenvalue weighted by Crippen LogP contribution is 2.19. The van der Waals surface area contributed by atoms with E-state index in [1.165, 1.54) is 0 Å². The first-order valence-corrected chi connectivity index (χ1v) is 4.92. The minimum atomic E-state index is -0.0961. The number of rotatable bonds is 4. The van der Waals surface area contributed by atoms with Gasteiger partial charge in [-0.15, -0.1) is 0 Å². The number of ketones is 1. The molecule has 14 heavy (non-hydrogen) atoms. The minimum Gasteiger partial charge on any atom is -0.298 e. The van der Waals surface area contributed by atoms with Crippen molar-refractivity contribution in [2.45, 2.75) is 19.9 Å². The predicted molar refractivity (Wildman–Crippen MR) is 58.2 cm³/mol. The van der Waals surface area contributed by atoms with Crippen LogP contribution in [0.1, 0.15) is 25.5 Å². The third kappa shape index (κ3) is 2.42. The summed E-state index contributed by atoms with van der Waals surface area (Å²) in [4.78, 5) is 13.6. The van der Waals surface area contributed by atoms with Crippen LogP contribution in [0.4, 0.5) is 0 Å². The van der Waals surface area contributed by atoms with Crippen LogP contribution in [0.3, 0.4) is 0 Å². The molecule has 0 saturated carbocycles. The van der Waals surface area contributed by atoms with Crippen LogP contribution in [0.5, 0.6) is 0 Å². The zero-order chi connectivity index (χ0) is 10.6. The second-order valence-electron chi connectivity index (χ2n) is 3.50. The Morgan fingerprint density at radius 3 is 2.36 bits per heavy atom. The molecule has 1 rings (SSSR count). The highest BCUT2D eigenvalue weighted by Gasteiger charge is 2.19. The lowest BCUT2D eigenvalue weighted by atomic mass is 10.0. The molecule has 1 atom stereocenters. The Kier molecular flexibility index (Phi) is 3.84. The summed E-state index contributed by atoms with van der Waals surface area (Å²) in [7, 11) is 1.97. The fourth-order valence-corrected chi connectivity index (χ4v) is 1.62. The van der Waals surface area contributed by atoms with Crippen LogP contribution in [0, 0.1) is 0 Å². The molecule has 76 valence electrons. The first kappa shape index (κ1) is 10.9. The molecule has 0 aliphatic carbocycles. The quantitative estimate of drug-likeness (QED) is 0.727. The van der Waals surface area contributed by atoms with Gasteiger partial charge in [0.05, 0.1) is 6.04 Å². The van der Waals surface area contributed by atoms with Gasteiger partial charge in [-0.3, -0.25) is 9.69 Å². The molecule has 0 heterocycles. The van der Waals surface area contributed by atoms with Crippen molar-refractivity contribution in [1.82, 2.24) is 4.90 Å². The maximum atomic E-state index is 11.5. The lowest BCUT2D eigenvalue weighted by Crippen LogP contribution is -2.29. The normalized spacial score (nSPS) is 12.9. The summed E-state index contributed by atoms with van der Waals surface area (Å²) >= 11 is 0. The molecule has 0 spiro atoms. The Labute approximate surface area is 85.5 Å². The number of carbonyl (C=O) groups is 1. The van der Waals surface area contributed by atoms with Crippen LogP contribution in [0.15, 0.2) is 30.3 Å². The highest BCUT2D eigenvalue weighted by molar-refractivity contribution is 5.82. The summed E-state index contributed by atoms with van der Waals surface area (Å²) in [6.45, 7) is 4.57. The molecular weight excluding hydrogens is 174 g/mol. The van der Waals surface area contributed by atoms with Gasteiger partial charge >= 0.3 is 0 Å². The maximum absolute atomic E-state index is 11.5. The summed E-state index contributed by atoms with van der Waals surface area (Å²) in [5.74, 6) is 0.195. The van der Waals surface area contributed by atoms with Crippen molar-refractivity contribution < 1.29 is 4.79 Å². The number of hydrogen-bond acceptors (Lipinski definition) is 2. The van der Waals surface area contributed by atoms with Crippen molar-refractivity contribution in [3.63, 3.8) is 0 Å². The van der Waals surface area contributed by atoms with Gasteiger partial charge in [0.15, 0.2) is 5.78 Å². The van der Waals surface area contributed by atoms with Crippen molar-refractivity contribution in [3.8, 4) is 0 Å². The van der Waals surface area contributed by atoms with Gasteiger partial charge in [0.25, 0.3) is 0 Å². The topological polar surface area (TPSA) is 20.3 Å². The van der Waals surface area contributed by atoms with Gasteiger partial charge in [0.1, 0.15) is 0 Å². The van der Waals surface area contributed by atoms with E-state index < -0.39 is 0 Å². The van der Waals surface area contributed by atoms with E-state index in [1.54, 1.807) is 6.92 Å². The summed E-state index contributed by atoms with van der Waals surface area (Å²) in [6, 6.07) is 9.80. The number of Topliss-reactive ketones (excluding diaryl/α,β-unsaturated/α-hetero) is 1. The van der Waals surface area contributed by atoms with Gasteiger partial charge in [-0.2, -0.15) is 0 Å². The summed E-state index contributed by atoms with van der Waals surface area (Å²) in [5, 5.41) is 0. The lowest BCUT2D eigenvalue weighted by Gasteiger charge is -2.24. The Bertz CT molecular complexity index is 294. The Balaban J connectivity index is 2.95. The monoisotopic (exact) mass is 191 g/mol. The van der Waals surface area contributed by atoms with E-state index in [2.05, 4.69) is 11.8 Å². The molecule has 0 aromatic heterocycles. The van der Waals surface area contributed by atoms with Crippen LogP contribution >= 0.6 is 0 Å². The number of carbonyl (C=O) groups excluding carboxylic acids is 1. The van der Waals surface area contributed by atoms with Gasteiger partial charge in [-0.05, 0) is 26.1 Å². The standard InChI is InChI=1S/C12H17NO/c1-4-13(3)12(10(2)14)11-8-6-5-7-9-11/h5-9,12H,4H2,1-3H3/t12-/m0/s1. The molecule has 1 aromatic carbocycles. The van der Waals surface area contributed by atoms with E-state index >= 15 is 0 Å². The van der Waals surface area contributed by atoms with Crippen LogP contribution in [-0.4, -0.2) is 24.3 Å². The average Bonchev–Trinajstić information content (AvgIpc) is 2.19. The maximum Gasteiger partial charge on any atom is 0.151 e. The molecule has 0 amide bonds. The molecule has 0 bridgehead atoms. The smallest absolute Gasteiger partial charge is 0.151 e. The molecule has 2 nitrogen and oxygen atoms in total. The summed E-state index contributed by atoms with van der Waals surface area (Å²) in [6.07, 6.45) is 0. The Hall–Kier alpha value is -1.15. The third-order valence-electron chi connectivity index (χ3n) is 2.44. The van der Waals surface area contributed by atoms with E-state index in [4.69, 9.17) is 0 Å². The Morgan fingerprint density at radius 2 is 1.93 bits per heavy atom. The molecule has 0 aliphatic rings. The molecule has 0 radical (unpaired) electrons. The molecule has 0 unspecified atom stereocenters. The average molecular weight is 191 g/mol. The number of hydrogen-bond donors (Lipinski definition) is 0. The first-order chi connectivity index (χ1) is 6.66. The SMILES string of the molecule is CCN(C)[C@@H](C(C)=O)c1ccccc1. The van der Waals surface area contributed by atoms with Crippen LogP contribution in [0.2, 0.25) is 0 Å². The molecule has 0 saturated heterocycles. The van der Waals surface area contributed by atoms with Gasteiger partial charge < -0.3 is 0 Å². The van der Waals surface area contributed by atoms with Crippen molar-refractivity contribution in [3.05, 3.63) is 35.9 Å². The number of likely N-dealkylation sites (N-methyl/N-ethyl adjacent to an activating group) is 1. The van der Waals surface area contributed by atoms with E-state index in [9.17, 15) is 4.79 Å². The molecule has 0 N–H and O–H groups in total. The largest absolute Gasteiger partial charge is 0.298 e. The van der Waals surface area contributed by atoms with Crippen molar-refractivity contribution >= 4 is 5.78 Å². The molecule has 0 fully saturated rings. The second-order valence-corrected chi connectivity index (χ2v) is 3.50. The van der Waals surface area contributed by atoms with Crippen molar-refractivity contribution in [2.24, 2.45) is 0 Å². The summed E-state index contributed by atoms with van der Waals surface area (Å²) in [5.41, 5.74) is 1.07. The molecular formula is C12H17NO. The van der Waals surface area contributed by atoms with Gasteiger partial charge in [-0.25, -0.2) is 0 Å². The van der Waals surface area contributed by atoms with E-state index in [1.807, 2.05) is 37.4 Å². The highest BCUT2D eigenvalue weighted by atomic mass is 16.1. The van der Waals surface area contributed by atoms with Gasteiger partial charge in [-0.1, -0.05) is 37.3 Å². The fourth-order valence-electron chi connectivity index (χ4n) is 1.62. The second kappa shape index (κ2) is 4.91. The Morgan fingerprint density at radius 1 is 1.36 bits per heavy atom. The summed E-state index contributed by atoms with van der Waals surface area (Å²) < 4.78 is 0. The van der Waals surface area contributed by atoms with Gasteiger partial charge in [0, 0.05) is 0 Å². The predicted octanol–water partition coefficient (Wildman–Crippen LogP) is 2.27. The zero-order valence-corrected chi connectivity index (χ0v) is 9.03. The minimum absolute atomic E-state index is 0.0961. The molecule has 2 heteroatoms. The van der Waals surface area contributed by atoms with Crippen LogP contribution in [0.25, 0.3) is 0 Å². The number of nitrogens with zero attached hydrogens (tertiary/aromatic N) is 1. The fraction of sp³-hybridized carbons (Fsp3) is 0.417. The number of benzene rings is 1. The first-order valence-electron chi connectivity index (χ1n) is 4.92. The molecule has 1 aromatic rings. The van der Waals surface area contributed by atoms with Crippen LogP contribution < -0.4 is 0 Å². The third-order valence-corrected chi connectivity index (χ3v) is 2.44. The van der Waals surface area contributed by atoms with Crippen molar-refractivity contribution in [2.75, 3.05) is 13.6 Å². The van der Waals surface area contributed by atoms with Crippen LogP contribution in [-0.2, 0) is 4.79 Å². The van der Waals surface area contributed by atoms with Gasteiger partial charge in [0.2, 0.25) is 0 Å². The van der Waals surface area contributed by atoms with Crippen molar-refractivity contribution in [1.29, 1.82) is 0 Å². The van der Waals surface area contributed by atoms with E-state index in [-0.39, 0.29) is 11.8 Å². The lowest BCUT2D eigenvalue weighted by molar-refractivity contribution is -0.121. The van der Waals surface area contributed by atoms with E-state index in [0.717, 1.165) is 12.1 Å².